The molecular weight excluding hydrogens is 188 g/mol. The number of carbonyl (C=O) groups excluding carboxylic acids is 1. The van der Waals surface area contributed by atoms with Crippen LogP contribution in [0, 0.1) is 0 Å². The highest BCUT2D eigenvalue weighted by atomic mass is 32.2. The van der Waals surface area contributed by atoms with Crippen LogP contribution >= 0.6 is 11.8 Å². The Hall–Kier alpha value is -0.260. The van der Waals surface area contributed by atoms with Crippen LogP contribution in [0.25, 0.3) is 0 Å². The van der Waals surface area contributed by atoms with Crippen LogP contribution in [0.1, 0.15) is 13.3 Å². The predicted molar refractivity (Wildman–Crippen MR) is 55.7 cm³/mol. The molecule has 0 saturated carbocycles. The molecule has 4 nitrogen and oxygen atoms in total. The Labute approximate surface area is 83.3 Å². The van der Waals surface area contributed by atoms with E-state index in [9.17, 15) is 4.79 Å². The second-order valence-corrected chi connectivity index (χ2v) is 3.97. The van der Waals surface area contributed by atoms with Crippen LogP contribution in [-0.2, 0) is 4.79 Å². The first-order valence-corrected chi connectivity index (χ1v) is 5.67. The summed E-state index contributed by atoms with van der Waals surface area (Å²) in [5.41, 5.74) is 5.60. The van der Waals surface area contributed by atoms with E-state index in [-0.39, 0.29) is 18.6 Å². The zero-order valence-electron chi connectivity index (χ0n) is 8.12. The molecule has 0 rings (SSSR count). The molecule has 0 aliphatic carbocycles. The molecule has 0 radical (unpaired) electrons. The number of thioether (sulfide) groups is 1. The van der Waals surface area contributed by atoms with Gasteiger partial charge in [-0.3, -0.25) is 4.79 Å². The van der Waals surface area contributed by atoms with Crippen molar-refractivity contribution in [3.8, 4) is 0 Å². The summed E-state index contributed by atoms with van der Waals surface area (Å²) in [6.45, 7) is 1.68. The van der Waals surface area contributed by atoms with E-state index in [1.165, 1.54) is 0 Å². The Morgan fingerprint density at radius 3 is 2.77 bits per heavy atom. The average Bonchev–Trinajstić information content (AvgIpc) is 2.13. The average molecular weight is 206 g/mol. The van der Waals surface area contributed by atoms with Gasteiger partial charge in [-0.15, -0.1) is 0 Å². The van der Waals surface area contributed by atoms with Crippen molar-refractivity contribution in [3.05, 3.63) is 0 Å². The molecule has 0 bridgehead atoms. The number of aliphatic hydroxyl groups excluding tert-OH is 1. The summed E-state index contributed by atoms with van der Waals surface area (Å²) < 4.78 is 0. The highest BCUT2D eigenvalue weighted by Crippen LogP contribution is 1.98. The second kappa shape index (κ2) is 7.17. The molecule has 0 aromatic rings. The molecule has 78 valence electrons. The van der Waals surface area contributed by atoms with Crippen molar-refractivity contribution in [2.75, 3.05) is 18.6 Å². The summed E-state index contributed by atoms with van der Waals surface area (Å²) in [6.07, 6.45) is 2.64. The lowest BCUT2D eigenvalue weighted by Crippen LogP contribution is -2.45. The van der Waals surface area contributed by atoms with Crippen molar-refractivity contribution >= 4 is 17.7 Å². The fourth-order valence-electron chi connectivity index (χ4n) is 0.771. The van der Waals surface area contributed by atoms with Gasteiger partial charge < -0.3 is 16.2 Å². The van der Waals surface area contributed by atoms with Crippen LogP contribution in [0.15, 0.2) is 0 Å². The maximum absolute atomic E-state index is 11.3. The fourth-order valence-corrected chi connectivity index (χ4v) is 1.26. The zero-order chi connectivity index (χ0) is 10.3. The number of carbonyl (C=O) groups is 1. The van der Waals surface area contributed by atoms with E-state index in [2.05, 4.69) is 5.32 Å². The first-order valence-electron chi connectivity index (χ1n) is 4.27. The first-order chi connectivity index (χ1) is 6.11. The molecule has 0 aromatic carbocycles. The highest BCUT2D eigenvalue weighted by Gasteiger charge is 2.14. The number of nitrogens with two attached hydrogens (primary N) is 1. The molecule has 1 amide bonds. The van der Waals surface area contributed by atoms with E-state index in [4.69, 9.17) is 10.8 Å². The maximum atomic E-state index is 11.3. The Bertz CT molecular complexity index is 155. The molecule has 0 saturated heterocycles. The van der Waals surface area contributed by atoms with Crippen LogP contribution in [0.3, 0.4) is 0 Å². The minimum Gasteiger partial charge on any atom is -0.394 e. The van der Waals surface area contributed by atoms with Crippen molar-refractivity contribution in [1.82, 2.24) is 5.32 Å². The van der Waals surface area contributed by atoms with Gasteiger partial charge in [-0.25, -0.2) is 0 Å². The van der Waals surface area contributed by atoms with Crippen molar-refractivity contribution < 1.29 is 9.90 Å². The van der Waals surface area contributed by atoms with Crippen molar-refractivity contribution in [1.29, 1.82) is 0 Å². The van der Waals surface area contributed by atoms with E-state index in [0.717, 1.165) is 5.75 Å². The first kappa shape index (κ1) is 12.7. The van der Waals surface area contributed by atoms with Crippen LogP contribution in [-0.4, -0.2) is 41.7 Å². The fraction of sp³-hybridized carbons (Fsp3) is 0.875. The molecule has 13 heavy (non-hydrogen) atoms. The predicted octanol–water partition coefficient (Wildman–Crippen LogP) is -0.436. The van der Waals surface area contributed by atoms with Gasteiger partial charge in [0.15, 0.2) is 0 Å². The molecule has 0 aliphatic rings. The lowest BCUT2D eigenvalue weighted by molar-refractivity contribution is -0.123. The third-order valence-electron chi connectivity index (χ3n) is 1.63. The molecule has 0 fully saturated rings. The van der Waals surface area contributed by atoms with E-state index in [0.29, 0.717) is 6.42 Å². The Balaban J connectivity index is 3.68. The second-order valence-electron chi connectivity index (χ2n) is 2.98. The summed E-state index contributed by atoms with van der Waals surface area (Å²) in [4.78, 5) is 11.3. The van der Waals surface area contributed by atoms with E-state index >= 15 is 0 Å². The maximum Gasteiger partial charge on any atom is 0.237 e. The monoisotopic (exact) mass is 206 g/mol. The van der Waals surface area contributed by atoms with Crippen LogP contribution in [0.5, 0.6) is 0 Å². The van der Waals surface area contributed by atoms with Crippen LogP contribution < -0.4 is 11.1 Å². The topological polar surface area (TPSA) is 75.4 Å². The van der Waals surface area contributed by atoms with Crippen LogP contribution in [0.2, 0.25) is 0 Å². The van der Waals surface area contributed by atoms with Gasteiger partial charge in [-0.2, -0.15) is 11.8 Å². The lowest BCUT2D eigenvalue weighted by Gasteiger charge is -2.15. The van der Waals surface area contributed by atoms with Gasteiger partial charge >= 0.3 is 0 Å². The molecule has 0 spiro atoms. The van der Waals surface area contributed by atoms with Gasteiger partial charge in [0, 0.05) is 6.04 Å². The van der Waals surface area contributed by atoms with Crippen molar-refractivity contribution in [2.45, 2.75) is 25.4 Å². The number of aliphatic hydroxyl groups is 1. The summed E-state index contributed by atoms with van der Waals surface area (Å²) in [7, 11) is 0. The number of amides is 1. The summed E-state index contributed by atoms with van der Waals surface area (Å²) in [5, 5.41) is 11.3. The van der Waals surface area contributed by atoms with Crippen molar-refractivity contribution in [3.63, 3.8) is 0 Å². The van der Waals surface area contributed by atoms with Gasteiger partial charge in [0.1, 0.15) is 0 Å². The molecule has 0 unspecified atom stereocenters. The summed E-state index contributed by atoms with van der Waals surface area (Å²) in [6, 6.07) is -0.672. The largest absolute Gasteiger partial charge is 0.394 e. The third kappa shape index (κ3) is 5.90. The van der Waals surface area contributed by atoms with E-state index in [1.807, 2.05) is 6.26 Å². The molecule has 0 aromatic heterocycles. The summed E-state index contributed by atoms with van der Waals surface area (Å²) in [5.74, 6) is 0.692. The Morgan fingerprint density at radius 2 is 2.31 bits per heavy atom. The quantitative estimate of drug-likeness (QED) is 0.551. The minimum atomic E-state index is -0.457. The van der Waals surface area contributed by atoms with Crippen LogP contribution in [0.4, 0.5) is 0 Å². The molecule has 0 aliphatic heterocycles. The number of hydrogen-bond acceptors (Lipinski definition) is 4. The summed E-state index contributed by atoms with van der Waals surface area (Å²) >= 11 is 1.66. The molecule has 2 atom stereocenters. The zero-order valence-corrected chi connectivity index (χ0v) is 8.93. The molecule has 0 heterocycles. The Morgan fingerprint density at radius 1 is 1.69 bits per heavy atom. The van der Waals surface area contributed by atoms with Gasteiger partial charge in [0.25, 0.3) is 0 Å². The number of rotatable bonds is 6. The number of nitrogens with one attached hydrogen (secondary N) is 1. The van der Waals surface area contributed by atoms with Gasteiger partial charge in [-0.1, -0.05) is 0 Å². The van der Waals surface area contributed by atoms with Gasteiger partial charge in [0.05, 0.1) is 12.6 Å². The minimum absolute atomic E-state index is 0.0546. The lowest BCUT2D eigenvalue weighted by atomic mass is 10.2. The van der Waals surface area contributed by atoms with Gasteiger partial charge in [-0.05, 0) is 25.4 Å². The smallest absolute Gasteiger partial charge is 0.237 e. The van der Waals surface area contributed by atoms with Crippen molar-refractivity contribution in [2.24, 2.45) is 5.73 Å². The Kier molecular flexibility index (Phi) is 7.03. The molecule has 4 N–H and O–H groups in total. The molecule has 5 heteroatoms. The normalized spacial score (nSPS) is 15.1. The number of hydrogen-bond donors (Lipinski definition) is 3. The molecular formula is C8H18N2O2S. The van der Waals surface area contributed by atoms with Gasteiger partial charge in [0.2, 0.25) is 5.91 Å². The standard InChI is InChI=1S/C8H18N2O2S/c1-6(5-11)10-8(12)7(9)3-4-13-2/h6-7,11H,3-5,9H2,1-2H3,(H,10,12)/t6-,7+/m0/s1. The third-order valence-corrected chi connectivity index (χ3v) is 2.28. The highest BCUT2D eigenvalue weighted by molar-refractivity contribution is 7.98. The van der Waals surface area contributed by atoms with E-state index in [1.54, 1.807) is 18.7 Å². The van der Waals surface area contributed by atoms with E-state index < -0.39 is 6.04 Å². The SMILES string of the molecule is CSCC[C@@H](N)C(=O)N[C@@H](C)CO.